The molecule has 0 bridgehead atoms. The number of nitrogens with zero attached hydrogens (tertiary/aromatic N) is 3. The number of likely N-dealkylation sites (N-methyl/N-ethyl adjacent to an activating group) is 1. The molecular weight excluding hydrogens is 162 g/mol. The lowest BCUT2D eigenvalue weighted by Crippen LogP contribution is -2.25. The maximum Gasteiger partial charge on any atom is 0.204 e. The molecule has 0 radical (unpaired) electrons. The quantitative estimate of drug-likeness (QED) is 0.714. The van der Waals surface area contributed by atoms with E-state index in [0.717, 1.165) is 11.7 Å². The summed E-state index contributed by atoms with van der Waals surface area (Å²) in [7, 11) is 0. The molecule has 0 aliphatic rings. The predicted molar refractivity (Wildman–Crippen MR) is 44.9 cm³/mol. The van der Waals surface area contributed by atoms with Crippen LogP contribution in [0.2, 0.25) is 0 Å². The first-order chi connectivity index (χ1) is 5.38. The Morgan fingerprint density at radius 1 is 1.73 bits per heavy atom. The standard InChI is InChI=1S/C6H11N3OS/c1-2-9(3-4-10)6-7-5-8-11-6/h5,10H,2-4H2,1H3. The lowest BCUT2D eigenvalue weighted by molar-refractivity contribution is 0.302. The smallest absolute Gasteiger partial charge is 0.204 e. The lowest BCUT2D eigenvalue weighted by atomic mass is 10.5. The zero-order valence-electron chi connectivity index (χ0n) is 6.40. The Kier molecular flexibility index (Phi) is 3.25. The van der Waals surface area contributed by atoms with E-state index in [0.29, 0.717) is 6.54 Å². The summed E-state index contributed by atoms with van der Waals surface area (Å²) in [6.07, 6.45) is 1.53. The van der Waals surface area contributed by atoms with Crippen molar-refractivity contribution in [3.05, 3.63) is 6.33 Å². The molecule has 0 atom stereocenters. The number of anilines is 1. The van der Waals surface area contributed by atoms with Crippen molar-refractivity contribution in [2.45, 2.75) is 6.92 Å². The van der Waals surface area contributed by atoms with E-state index in [2.05, 4.69) is 9.36 Å². The van der Waals surface area contributed by atoms with Gasteiger partial charge in [0.1, 0.15) is 6.33 Å². The number of hydrogen-bond donors (Lipinski definition) is 1. The fraction of sp³-hybridized carbons (Fsp3) is 0.667. The van der Waals surface area contributed by atoms with E-state index in [4.69, 9.17) is 5.11 Å². The van der Waals surface area contributed by atoms with Gasteiger partial charge in [0, 0.05) is 24.6 Å². The van der Waals surface area contributed by atoms with Gasteiger partial charge in [-0.25, -0.2) is 4.98 Å². The van der Waals surface area contributed by atoms with Crippen molar-refractivity contribution in [1.82, 2.24) is 9.36 Å². The first-order valence-electron chi connectivity index (χ1n) is 3.51. The van der Waals surface area contributed by atoms with Crippen LogP contribution in [-0.2, 0) is 0 Å². The van der Waals surface area contributed by atoms with Crippen molar-refractivity contribution in [1.29, 1.82) is 0 Å². The van der Waals surface area contributed by atoms with Crippen LogP contribution in [0, 0.1) is 0 Å². The third-order valence-electron chi connectivity index (χ3n) is 1.37. The van der Waals surface area contributed by atoms with Gasteiger partial charge in [-0.3, -0.25) is 0 Å². The second-order valence-corrected chi connectivity index (χ2v) is 2.79. The Morgan fingerprint density at radius 3 is 3.00 bits per heavy atom. The molecule has 4 nitrogen and oxygen atoms in total. The van der Waals surface area contributed by atoms with Crippen molar-refractivity contribution >= 4 is 16.7 Å². The fourth-order valence-corrected chi connectivity index (χ4v) is 1.44. The van der Waals surface area contributed by atoms with Crippen molar-refractivity contribution in [3.8, 4) is 0 Å². The summed E-state index contributed by atoms with van der Waals surface area (Å²) in [5.41, 5.74) is 0. The van der Waals surface area contributed by atoms with Crippen LogP contribution in [0.4, 0.5) is 5.13 Å². The summed E-state index contributed by atoms with van der Waals surface area (Å²) in [6.45, 7) is 3.67. The van der Waals surface area contributed by atoms with E-state index < -0.39 is 0 Å². The van der Waals surface area contributed by atoms with Crippen LogP contribution in [0.25, 0.3) is 0 Å². The minimum atomic E-state index is 0.160. The second-order valence-electron chi connectivity index (χ2n) is 2.03. The molecule has 1 heterocycles. The highest BCUT2D eigenvalue weighted by Crippen LogP contribution is 2.12. The van der Waals surface area contributed by atoms with Crippen LogP contribution in [0.15, 0.2) is 6.33 Å². The summed E-state index contributed by atoms with van der Waals surface area (Å²) in [4.78, 5) is 6.01. The van der Waals surface area contributed by atoms with E-state index >= 15 is 0 Å². The molecule has 0 aromatic carbocycles. The first-order valence-corrected chi connectivity index (χ1v) is 4.28. The van der Waals surface area contributed by atoms with Gasteiger partial charge in [-0.05, 0) is 6.92 Å². The van der Waals surface area contributed by atoms with Gasteiger partial charge in [0.2, 0.25) is 5.13 Å². The second kappa shape index (κ2) is 4.25. The molecule has 5 heteroatoms. The molecule has 11 heavy (non-hydrogen) atoms. The third kappa shape index (κ3) is 2.13. The van der Waals surface area contributed by atoms with Gasteiger partial charge >= 0.3 is 0 Å². The van der Waals surface area contributed by atoms with Gasteiger partial charge in [0.05, 0.1) is 6.61 Å². The van der Waals surface area contributed by atoms with E-state index in [-0.39, 0.29) is 6.61 Å². The molecule has 0 unspecified atom stereocenters. The molecule has 0 fully saturated rings. The zero-order chi connectivity index (χ0) is 8.10. The fourth-order valence-electron chi connectivity index (χ4n) is 0.816. The molecule has 0 saturated heterocycles. The zero-order valence-corrected chi connectivity index (χ0v) is 7.21. The minimum Gasteiger partial charge on any atom is -0.395 e. The Balaban J connectivity index is 2.56. The SMILES string of the molecule is CCN(CCO)c1ncns1. The van der Waals surface area contributed by atoms with Crippen LogP contribution in [0.5, 0.6) is 0 Å². The van der Waals surface area contributed by atoms with Crippen molar-refractivity contribution < 1.29 is 5.11 Å². The van der Waals surface area contributed by atoms with Crippen LogP contribution >= 0.6 is 11.5 Å². The highest BCUT2D eigenvalue weighted by Gasteiger charge is 2.04. The first kappa shape index (κ1) is 8.42. The molecular formula is C6H11N3OS. The van der Waals surface area contributed by atoms with Gasteiger partial charge < -0.3 is 10.0 Å². The molecule has 0 aliphatic heterocycles. The van der Waals surface area contributed by atoms with Gasteiger partial charge in [0.15, 0.2) is 0 Å². The highest BCUT2D eigenvalue weighted by molar-refractivity contribution is 7.09. The van der Waals surface area contributed by atoms with Gasteiger partial charge in [-0.2, -0.15) is 4.37 Å². The molecule has 1 rings (SSSR count). The molecule has 1 aromatic rings. The minimum absolute atomic E-state index is 0.160. The average Bonchev–Trinajstić information content (AvgIpc) is 2.52. The molecule has 0 amide bonds. The number of hydrogen-bond acceptors (Lipinski definition) is 5. The normalized spacial score (nSPS) is 10.0. The Bertz CT molecular complexity index is 190. The average molecular weight is 173 g/mol. The number of aromatic nitrogens is 2. The monoisotopic (exact) mass is 173 g/mol. The van der Waals surface area contributed by atoms with Crippen molar-refractivity contribution in [3.63, 3.8) is 0 Å². The van der Waals surface area contributed by atoms with E-state index in [1.54, 1.807) is 0 Å². The van der Waals surface area contributed by atoms with Crippen molar-refractivity contribution in [2.75, 3.05) is 24.6 Å². The van der Waals surface area contributed by atoms with Crippen LogP contribution < -0.4 is 4.90 Å². The van der Waals surface area contributed by atoms with Gasteiger partial charge in [-0.1, -0.05) is 0 Å². The topological polar surface area (TPSA) is 49.2 Å². The van der Waals surface area contributed by atoms with E-state index in [1.165, 1.54) is 17.9 Å². The number of rotatable bonds is 4. The van der Waals surface area contributed by atoms with Gasteiger partial charge in [-0.15, -0.1) is 0 Å². The molecule has 62 valence electrons. The maximum atomic E-state index is 8.68. The number of aliphatic hydroxyl groups is 1. The Labute approximate surface area is 69.7 Å². The predicted octanol–water partition coefficient (Wildman–Crippen LogP) is 0.357. The number of aliphatic hydroxyl groups excluding tert-OH is 1. The molecule has 0 saturated carbocycles. The Hall–Kier alpha value is -0.680. The van der Waals surface area contributed by atoms with Gasteiger partial charge in [0.25, 0.3) is 0 Å². The summed E-state index contributed by atoms with van der Waals surface area (Å²) >= 11 is 1.35. The van der Waals surface area contributed by atoms with E-state index in [9.17, 15) is 0 Å². The summed E-state index contributed by atoms with van der Waals surface area (Å²) in [5, 5.41) is 9.56. The molecule has 0 spiro atoms. The third-order valence-corrected chi connectivity index (χ3v) is 2.10. The molecule has 0 aliphatic carbocycles. The Morgan fingerprint density at radius 2 is 2.55 bits per heavy atom. The largest absolute Gasteiger partial charge is 0.395 e. The maximum absolute atomic E-state index is 8.68. The van der Waals surface area contributed by atoms with Crippen molar-refractivity contribution in [2.24, 2.45) is 0 Å². The molecule has 1 aromatic heterocycles. The van der Waals surface area contributed by atoms with E-state index in [1.807, 2.05) is 11.8 Å². The summed E-state index contributed by atoms with van der Waals surface area (Å²) in [6, 6.07) is 0. The molecule has 1 N–H and O–H groups in total. The summed E-state index contributed by atoms with van der Waals surface area (Å²) in [5.74, 6) is 0. The van der Waals surface area contributed by atoms with Crippen LogP contribution in [0.3, 0.4) is 0 Å². The lowest BCUT2D eigenvalue weighted by Gasteiger charge is -2.16. The van der Waals surface area contributed by atoms with Crippen LogP contribution in [-0.4, -0.2) is 34.2 Å². The summed E-state index contributed by atoms with van der Waals surface area (Å²) < 4.78 is 3.88. The van der Waals surface area contributed by atoms with Crippen LogP contribution in [0.1, 0.15) is 6.92 Å². The highest BCUT2D eigenvalue weighted by atomic mass is 32.1.